The van der Waals surface area contributed by atoms with Crippen molar-refractivity contribution in [2.45, 2.75) is 64.4 Å². The number of alkyl carbamates (subject to hydrolysis) is 1. The van der Waals surface area contributed by atoms with Gasteiger partial charge in [0.2, 0.25) is 0 Å². The number of hydrogen-bond donors (Lipinski definition) is 1. The summed E-state index contributed by atoms with van der Waals surface area (Å²) in [5, 5.41) is 2.69. The minimum Gasteiger partial charge on any atom is -0.492 e. The third kappa shape index (κ3) is 11.1. The SMILES string of the molecule is COCCCN1C(=O)COc2ccc(COC3CN(C(=O)OCc4ccccc4)CCC3c3ccc(OCCNC(=O)OC(C)(C)C)cc3)cc21. The van der Waals surface area contributed by atoms with Crippen molar-refractivity contribution in [3.8, 4) is 11.5 Å². The molecule has 0 bridgehead atoms. The van der Waals surface area contributed by atoms with Crippen molar-refractivity contribution >= 4 is 23.8 Å². The molecule has 0 saturated carbocycles. The molecule has 274 valence electrons. The third-order valence-electron chi connectivity index (χ3n) is 8.53. The molecule has 3 aromatic carbocycles. The predicted octanol–water partition coefficient (Wildman–Crippen LogP) is 6.06. The maximum atomic E-state index is 13.2. The van der Waals surface area contributed by atoms with Crippen molar-refractivity contribution in [1.29, 1.82) is 0 Å². The number of carbonyl (C=O) groups is 3. The number of amides is 3. The molecule has 2 heterocycles. The molecule has 2 aliphatic rings. The first-order chi connectivity index (χ1) is 24.6. The Morgan fingerprint density at radius 3 is 2.49 bits per heavy atom. The van der Waals surface area contributed by atoms with Gasteiger partial charge in [-0.25, -0.2) is 9.59 Å². The number of ether oxygens (including phenoxy) is 6. The van der Waals surface area contributed by atoms with Gasteiger partial charge in [0.15, 0.2) is 6.61 Å². The quantitative estimate of drug-likeness (QED) is 0.200. The zero-order chi connectivity index (χ0) is 36.2. The minimum atomic E-state index is -0.567. The Kier molecular flexibility index (Phi) is 13.2. The minimum absolute atomic E-state index is 0.000797. The Balaban J connectivity index is 1.24. The molecule has 2 aliphatic heterocycles. The van der Waals surface area contributed by atoms with E-state index in [0.29, 0.717) is 62.8 Å². The highest BCUT2D eigenvalue weighted by atomic mass is 16.6. The van der Waals surface area contributed by atoms with E-state index in [-0.39, 0.29) is 50.4 Å². The van der Waals surface area contributed by atoms with Crippen molar-refractivity contribution in [3.63, 3.8) is 0 Å². The fraction of sp³-hybridized carbons (Fsp3) is 0.462. The highest BCUT2D eigenvalue weighted by molar-refractivity contribution is 5.97. The second-order valence-electron chi connectivity index (χ2n) is 13.6. The maximum Gasteiger partial charge on any atom is 0.410 e. The van der Waals surface area contributed by atoms with Gasteiger partial charge >= 0.3 is 12.2 Å². The molecule has 0 aromatic heterocycles. The number of methoxy groups -OCH3 is 1. The Bertz CT molecular complexity index is 1590. The lowest BCUT2D eigenvalue weighted by atomic mass is 9.87. The number of likely N-dealkylation sites (tertiary alicyclic amines) is 1. The lowest BCUT2D eigenvalue weighted by Gasteiger charge is -2.38. The molecule has 1 N–H and O–H groups in total. The van der Waals surface area contributed by atoms with Crippen LogP contribution >= 0.6 is 0 Å². The first kappa shape index (κ1) is 37.4. The zero-order valence-corrected chi connectivity index (χ0v) is 29.9. The van der Waals surface area contributed by atoms with Gasteiger partial charge in [-0.3, -0.25) is 4.79 Å². The standard InChI is InChI=1S/C39H49N3O9/c1-39(2,3)51-37(44)40-18-22-47-31-14-12-30(13-15-31)32-17-20-41(38(45)50-25-28-9-6-5-7-10-28)24-35(32)48-26-29-11-16-34-33(23-29)42(19-8-21-46-4)36(43)27-49-34/h5-7,9-16,23,32,35H,8,17-22,24-27H2,1-4H3,(H,40,44). The average Bonchev–Trinajstić information content (AvgIpc) is 3.12. The number of benzene rings is 3. The van der Waals surface area contributed by atoms with E-state index >= 15 is 0 Å². The van der Waals surface area contributed by atoms with E-state index in [1.165, 1.54) is 0 Å². The number of anilines is 1. The van der Waals surface area contributed by atoms with Crippen LogP contribution in [0.4, 0.5) is 15.3 Å². The first-order valence-electron chi connectivity index (χ1n) is 17.4. The summed E-state index contributed by atoms with van der Waals surface area (Å²) in [5.74, 6) is 1.23. The van der Waals surface area contributed by atoms with Crippen molar-refractivity contribution < 1.29 is 42.8 Å². The van der Waals surface area contributed by atoms with Crippen molar-refractivity contribution in [2.75, 3.05) is 58.0 Å². The second-order valence-corrected chi connectivity index (χ2v) is 13.6. The summed E-state index contributed by atoms with van der Waals surface area (Å²) in [4.78, 5) is 41.3. The van der Waals surface area contributed by atoms with E-state index in [9.17, 15) is 14.4 Å². The fourth-order valence-electron chi connectivity index (χ4n) is 6.04. The number of fused-ring (bicyclic) bond motifs is 1. The molecular formula is C39H49N3O9. The van der Waals surface area contributed by atoms with Crippen LogP contribution < -0.4 is 19.7 Å². The van der Waals surface area contributed by atoms with Gasteiger partial charge in [-0.1, -0.05) is 48.5 Å². The summed E-state index contributed by atoms with van der Waals surface area (Å²) in [7, 11) is 1.64. The Morgan fingerprint density at radius 2 is 1.75 bits per heavy atom. The molecule has 1 fully saturated rings. The van der Waals surface area contributed by atoms with Crippen LogP contribution in [0.1, 0.15) is 56.2 Å². The van der Waals surface area contributed by atoms with Gasteiger partial charge in [0.25, 0.3) is 5.91 Å². The van der Waals surface area contributed by atoms with Gasteiger partial charge in [0.1, 0.15) is 30.3 Å². The molecule has 2 unspecified atom stereocenters. The largest absolute Gasteiger partial charge is 0.492 e. The smallest absolute Gasteiger partial charge is 0.410 e. The van der Waals surface area contributed by atoms with Crippen molar-refractivity contribution in [2.24, 2.45) is 0 Å². The predicted molar refractivity (Wildman–Crippen MR) is 191 cm³/mol. The number of carbonyl (C=O) groups excluding carboxylic acids is 3. The van der Waals surface area contributed by atoms with Gasteiger partial charge in [-0.05, 0) is 74.6 Å². The molecule has 1 saturated heterocycles. The van der Waals surface area contributed by atoms with Gasteiger partial charge in [0.05, 0.1) is 31.5 Å². The van der Waals surface area contributed by atoms with Crippen molar-refractivity contribution in [3.05, 3.63) is 89.5 Å². The van der Waals surface area contributed by atoms with E-state index in [0.717, 1.165) is 16.7 Å². The van der Waals surface area contributed by atoms with Crippen molar-refractivity contribution in [1.82, 2.24) is 10.2 Å². The van der Waals surface area contributed by atoms with Gasteiger partial charge in [-0.2, -0.15) is 0 Å². The molecule has 3 aromatic rings. The molecule has 0 aliphatic carbocycles. The molecule has 5 rings (SSSR count). The van der Waals surface area contributed by atoms with Crippen LogP contribution in [0.25, 0.3) is 0 Å². The maximum absolute atomic E-state index is 13.2. The molecule has 0 radical (unpaired) electrons. The highest BCUT2D eigenvalue weighted by Gasteiger charge is 2.34. The monoisotopic (exact) mass is 703 g/mol. The molecule has 3 amide bonds. The van der Waals surface area contributed by atoms with Crippen LogP contribution in [-0.2, 0) is 37.0 Å². The third-order valence-corrected chi connectivity index (χ3v) is 8.53. The molecule has 51 heavy (non-hydrogen) atoms. The number of nitrogens with zero attached hydrogens (tertiary/aromatic N) is 2. The summed E-state index contributed by atoms with van der Waals surface area (Å²) in [6, 6.07) is 23.2. The summed E-state index contributed by atoms with van der Waals surface area (Å²) < 4.78 is 34.3. The summed E-state index contributed by atoms with van der Waals surface area (Å²) in [5.41, 5.74) is 3.01. The van der Waals surface area contributed by atoms with Crippen LogP contribution in [0.3, 0.4) is 0 Å². The van der Waals surface area contributed by atoms with E-state index in [2.05, 4.69) is 5.32 Å². The summed E-state index contributed by atoms with van der Waals surface area (Å²) >= 11 is 0. The first-order valence-corrected chi connectivity index (χ1v) is 17.4. The second kappa shape index (κ2) is 17.9. The fourth-order valence-corrected chi connectivity index (χ4v) is 6.04. The number of piperidine rings is 1. The van der Waals surface area contributed by atoms with Crippen LogP contribution in [0.2, 0.25) is 0 Å². The molecular weight excluding hydrogens is 654 g/mol. The topological polar surface area (TPSA) is 125 Å². The Hall–Kier alpha value is -4.81. The number of hydrogen-bond acceptors (Lipinski definition) is 9. The van der Waals surface area contributed by atoms with Crippen LogP contribution in [-0.4, -0.2) is 87.8 Å². The lowest BCUT2D eigenvalue weighted by Crippen LogP contribution is -2.47. The summed E-state index contributed by atoms with van der Waals surface area (Å²) in [6.07, 6.45) is 0.171. The normalized spacial score (nSPS) is 17.3. The Labute approximate surface area is 299 Å². The number of rotatable bonds is 14. The van der Waals surface area contributed by atoms with Crippen LogP contribution in [0.15, 0.2) is 72.8 Å². The van der Waals surface area contributed by atoms with Crippen LogP contribution in [0.5, 0.6) is 11.5 Å². The average molecular weight is 704 g/mol. The zero-order valence-electron chi connectivity index (χ0n) is 29.9. The molecule has 12 heteroatoms. The molecule has 0 spiro atoms. The highest BCUT2D eigenvalue weighted by Crippen LogP contribution is 2.35. The van der Waals surface area contributed by atoms with E-state index < -0.39 is 11.7 Å². The van der Waals surface area contributed by atoms with E-state index in [1.807, 2.05) is 93.6 Å². The van der Waals surface area contributed by atoms with Crippen LogP contribution in [0, 0.1) is 0 Å². The van der Waals surface area contributed by atoms with Gasteiger partial charge in [0, 0.05) is 32.7 Å². The molecule has 2 atom stereocenters. The summed E-state index contributed by atoms with van der Waals surface area (Å²) in [6.45, 7) is 8.44. The number of nitrogens with one attached hydrogen (secondary N) is 1. The lowest BCUT2D eigenvalue weighted by molar-refractivity contribution is -0.121. The van der Waals surface area contributed by atoms with Gasteiger partial charge in [-0.15, -0.1) is 0 Å². The van der Waals surface area contributed by atoms with E-state index in [4.69, 9.17) is 28.4 Å². The Morgan fingerprint density at radius 1 is 0.961 bits per heavy atom. The van der Waals surface area contributed by atoms with Gasteiger partial charge < -0.3 is 43.5 Å². The van der Waals surface area contributed by atoms with E-state index in [1.54, 1.807) is 16.9 Å². The molecule has 12 nitrogen and oxygen atoms in total.